The molecule has 5 heteroatoms. The van der Waals surface area contributed by atoms with E-state index in [0.717, 1.165) is 17.4 Å². The Kier molecular flexibility index (Phi) is 4.59. The summed E-state index contributed by atoms with van der Waals surface area (Å²) in [5.74, 6) is -1.13. The molecule has 0 saturated carbocycles. The highest BCUT2D eigenvalue weighted by molar-refractivity contribution is 7.90. The van der Waals surface area contributed by atoms with E-state index >= 15 is 0 Å². The lowest BCUT2D eigenvalue weighted by Crippen LogP contribution is -2.13. The van der Waals surface area contributed by atoms with Crippen molar-refractivity contribution < 1.29 is 18.3 Å². The fourth-order valence-corrected chi connectivity index (χ4v) is 3.44. The number of carboxylic acid groups (broad SMARTS) is 1. The van der Waals surface area contributed by atoms with Crippen molar-refractivity contribution in [2.45, 2.75) is 38.0 Å². The smallest absolute Gasteiger partial charge is 0.336 e. The number of rotatable bonds is 3. The van der Waals surface area contributed by atoms with E-state index in [0.29, 0.717) is 11.1 Å². The van der Waals surface area contributed by atoms with Crippen LogP contribution in [0.4, 0.5) is 0 Å². The molecule has 1 N–H and O–H groups in total. The Morgan fingerprint density at radius 3 is 2.12 bits per heavy atom. The molecular formula is C19H22O4S. The molecule has 2 aromatic rings. The highest BCUT2D eigenvalue weighted by atomic mass is 32.2. The zero-order valence-corrected chi connectivity index (χ0v) is 15.4. The Morgan fingerprint density at radius 2 is 1.62 bits per heavy atom. The molecular weight excluding hydrogens is 324 g/mol. The molecule has 0 amide bonds. The van der Waals surface area contributed by atoms with Crippen LogP contribution >= 0.6 is 0 Å². The van der Waals surface area contributed by atoms with Crippen LogP contribution in [0.3, 0.4) is 0 Å². The van der Waals surface area contributed by atoms with E-state index in [1.807, 2.05) is 24.3 Å². The highest BCUT2D eigenvalue weighted by Crippen LogP contribution is 2.36. The van der Waals surface area contributed by atoms with Crippen LogP contribution in [0.1, 0.15) is 42.3 Å². The van der Waals surface area contributed by atoms with Crippen LogP contribution in [-0.4, -0.2) is 25.7 Å². The third-order valence-corrected chi connectivity index (χ3v) is 5.16. The summed E-state index contributed by atoms with van der Waals surface area (Å²) in [6.07, 6.45) is 1.09. The van der Waals surface area contributed by atoms with Crippen LogP contribution in [-0.2, 0) is 15.3 Å². The zero-order valence-electron chi connectivity index (χ0n) is 14.5. The first-order valence-corrected chi connectivity index (χ1v) is 9.50. The molecule has 0 unspecified atom stereocenters. The van der Waals surface area contributed by atoms with Crippen LogP contribution < -0.4 is 0 Å². The molecule has 0 spiro atoms. The van der Waals surface area contributed by atoms with E-state index in [1.165, 1.54) is 6.07 Å². The summed E-state index contributed by atoms with van der Waals surface area (Å²) in [6, 6.07) is 10.5. The van der Waals surface area contributed by atoms with Gasteiger partial charge in [0.25, 0.3) is 0 Å². The van der Waals surface area contributed by atoms with E-state index in [-0.39, 0.29) is 15.9 Å². The summed E-state index contributed by atoms with van der Waals surface area (Å²) < 4.78 is 24.0. The van der Waals surface area contributed by atoms with Gasteiger partial charge in [0.05, 0.1) is 10.5 Å². The van der Waals surface area contributed by atoms with Crippen LogP contribution in [0.5, 0.6) is 0 Å². The maximum absolute atomic E-state index is 12.0. The standard InChI is InChI=1S/C19H22O4S/c1-12-15(14-8-6-7-9-17(14)19(2,3)4)10-13(24(5,22)23)11-16(12)18(20)21/h6-11H,1-5H3,(H,20,21). The van der Waals surface area contributed by atoms with Crippen molar-refractivity contribution in [2.75, 3.05) is 6.26 Å². The summed E-state index contributed by atoms with van der Waals surface area (Å²) in [5, 5.41) is 9.46. The Bertz CT molecular complexity index is 903. The maximum atomic E-state index is 12.0. The number of sulfone groups is 1. The molecule has 24 heavy (non-hydrogen) atoms. The van der Waals surface area contributed by atoms with Crippen molar-refractivity contribution in [2.24, 2.45) is 0 Å². The Hall–Kier alpha value is -2.14. The third-order valence-electron chi connectivity index (χ3n) is 4.07. The first kappa shape index (κ1) is 18.2. The third kappa shape index (κ3) is 3.51. The normalized spacial score (nSPS) is 12.2. The lowest BCUT2D eigenvalue weighted by molar-refractivity contribution is 0.0696. The van der Waals surface area contributed by atoms with Crippen LogP contribution in [0.2, 0.25) is 0 Å². The molecule has 0 aliphatic carbocycles. The van der Waals surface area contributed by atoms with Crippen molar-refractivity contribution in [1.82, 2.24) is 0 Å². The Balaban J connectivity index is 2.91. The van der Waals surface area contributed by atoms with E-state index in [9.17, 15) is 18.3 Å². The van der Waals surface area contributed by atoms with Gasteiger partial charge in [0.1, 0.15) is 0 Å². The molecule has 0 saturated heterocycles. The molecule has 4 nitrogen and oxygen atoms in total. The van der Waals surface area contributed by atoms with E-state index in [2.05, 4.69) is 20.8 Å². The van der Waals surface area contributed by atoms with Crippen molar-refractivity contribution in [3.8, 4) is 11.1 Å². The zero-order chi connectivity index (χ0) is 18.3. The fraction of sp³-hybridized carbons (Fsp3) is 0.316. The fourth-order valence-electron chi connectivity index (χ4n) is 2.78. The number of benzene rings is 2. The topological polar surface area (TPSA) is 71.4 Å². The molecule has 0 heterocycles. The van der Waals surface area contributed by atoms with E-state index < -0.39 is 15.8 Å². The molecule has 0 fully saturated rings. The molecule has 0 bridgehead atoms. The summed E-state index contributed by atoms with van der Waals surface area (Å²) in [5.41, 5.74) is 2.95. The predicted octanol–water partition coefficient (Wildman–Crippen LogP) is 4.06. The minimum atomic E-state index is -3.52. The average molecular weight is 346 g/mol. The summed E-state index contributed by atoms with van der Waals surface area (Å²) >= 11 is 0. The van der Waals surface area contributed by atoms with Gasteiger partial charge in [0.15, 0.2) is 9.84 Å². The van der Waals surface area contributed by atoms with Gasteiger partial charge in [0.2, 0.25) is 0 Å². The number of hydrogen-bond donors (Lipinski definition) is 1. The molecule has 0 atom stereocenters. The van der Waals surface area contributed by atoms with Gasteiger partial charge < -0.3 is 5.11 Å². The van der Waals surface area contributed by atoms with Gasteiger partial charge in [-0.3, -0.25) is 0 Å². The van der Waals surface area contributed by atoms with Crippen molar-refractivity contribution in [3.63, 3.8) is 0 Å². The molecule has 0 aromatic heterocycles. The minimum Gasteiger partial charge on any atom is -0.478 e. The predicted molar refractivity (Wildman–Crippen MR) is 95.4 cm³/mol. The van der Waals surface area contributed by atoms with Crippen molar-refractivity contribution in [1.29, 1.82) is 0 Å². The average Bonchev–Trinajstić information content (AvgIpc) is 2.45. The van der Waals surface area contributed by atoms with E-state index in [4.69, 9.17) is 0 Å². The molecule has 128 valence electrons. The SMILES string of the molecule is Cc1c(C(=O)O)cc(S(C)(=O)=O)cc1-c1ccccc1C(C)(C)C. The number of hydrogen-bond acceptors (Lipinski definition) is 3. The van der Waals surface area contributed by atoms with E-state index in [1.54, 1.807) is 13.0 Å². The molecule has 2 aromatic carbocycles. The van der Waals surface area contributed by atoms with Gasteiger partial charge in [-0.25, -0.2) is 13.2 Å². The molecule has 0 radical (unpaired) electrons. The van der Waals surface area contributed by atoms with Crippen molar-refractivity contribution >= 4 is 15.8 Å². The maximum Gasteiger partial charge on any atom is 0.336 e. The Morgan fingerprint density at radius 1 is 1.04 bits per heavy atom. The second kappa shape index (κ2) is 6.06. The van der Waals surface area contributed by atoms with Gasteiger partial charge in [-0.1, -0.05) is 45.0 Å². The summed E-state index contributed by atoms with van der Waals surface area (Å²) in [6.45, 7) is 7.92. The van der Waals surface area contributed by atoms with Crippen LogP contribution in [0.25, 0.3) is 11.1 Å². The summed E-state index contributed by atoms with van der Waals surface area (Å²) in [4.78, 5) is 11.6. The first-order valence-electron chi connectivity index (χ1n) is 7.61. The number of carboxylic acids is 1. The lowest BCUT2D eigenvalue weighted by atomic mass is 9.80. The van der Waals surface area contributed by atoms with Gasteiger partial charge in [-0.15, -0.1) is 0 Å². The molecule has 0 aliphatic rings. The van der Waals surface area contributed by atoms with Gasteiger partial charge in [-0.05, 0) is 46.7 Å². The minimum absolute atomic E-state index is 0.0108. The monoisotopic (exact) mass is 346 g/mol. The second-order valence-electron chi connectivity index (χ2n) is 7.02. The van der Waals surface area contributed by atoms with Gasteiger partial charge >= 0.3 is 5.97 Å². The Labute approximate surface area is 143 Å². The molecule has 0 aliphatic heterocycles. The quantitative estimate of drug-likeness (QED) is 0.909. The summed E-state index contributed by atoms with van der Waals surface area (Å²) in [7, 11) is -3.52. The van der Waals surface area contributed by atoms with Crippen LogP contribution in [0, 0.1) is 6.92 Å². The van der Waals surface area contributed by atoms with Crippen molar-refractivity contribution in [3.05, 3.63) is 53.1 Å². The molecule has 2 rings (SSSR count). The van der Waals surface area contributed by atoms with Gasteiger partial charge in [0, 0.05) is 6.26 Å². The van der Waals surface area contributed by atoms with Crippen LogP contribution in [0.15, 0.2) is 41.3 Å². The first-order chi connectivity index (χ1) is 10.9. The highest BCUT2D eigenvalue weighted by Gasteiger charge is 2.23. The number of carbonyl (C=O) groups is 1. The second-order valence-corrected chi connectivity index (χ2v) is 9.03. The number of aromatic carboxylic acids is 1. The largest absolute Gasteiger partial charge is 0.478 e. The van der Waals surface area contributed by atoms with Gasteiger partial charge in [-0.2, -0.15) is 0 Å². The lowest BCUT2D eigenvalue weighted by Gasteiger charge is -2.24.